The third-order valence-corrected chi connectivity index (χ3v) is 9.30. The number of hydrogen-bond donors (Lipinski definition) is 12. The highest BCUT2D eigenvalue weighted by atomic mass is 16.7. The topological polar surface area (TPSA) is 328 Å². The monoisotopic (exact) mass is 756 g/mol. The van der Waals surface area contributed by atoms with Crippen LogP contribution in [0.2, 0.25) is 0 Å². The summed E-state index contributed by atoms with van der Waals surface area (Å²) < 4.78 is 39.4. The van der Waals surface area contributed by atoms with Gasteiger partial charge in [-0.15, -0.1) is 0 Å². The molecule has 0 unspecified atom stereocenters. The molecule has 0 aliphatic carbocycles. The van der Waals surface area contributed by atoms with Gasteiger partial charge in [-0.2, -0.15) is 0 Å². The van der Waals surface area contributed by atoms with Crippen LogP contribution < -0.4 is 10.2 Å². The molecule has 12 N–H and O–H groups in total. The standard InChI is InChI=1S/C33H40O20/c1-10-19(38)29(52-32-25(44)23(42)20(39)16(8-34)50-32)27(46)31(48-10)47-9-17-21(40)24(43)26(45)33(51-17)53-30-22(41)18-14(37)6-13(36)7-15(18)49-28(30)11-2-4-12(35)5-3-11/h2-7,10,16-17,19-21,23-27,29,31-40,42-46H,8-9H2,1H3/t10-,16+,17+,19-,20+,21+,23-,24-,25+,26+,27-,29+,31-,32-,33-/m0/s1. The van der Waals surface area contributed by atoms with Gasteiger partial charge in [-0.1, -0.05) is 0 Å². The number of aliphatic hydroxyl groups excluding tert-OH is 9. The van der Waals surface area contributed by atoms with Crippen molar-refractivity contribution in [3.05, 3.63) is 46.6 Å². The number of benzene rings is 2. The number of phenols is 3. The van der Waals surface area contributed by atoms with Gasteiger partial charge in [-0.25, -0.2) is 0 Å². The van der Waals surface area contributed by atoms with E-state index in [1.165, 1.54) is 31.2 Å². The molecule has 3 aliphatic rings. The minimum atomic E-state index is -2.00. The zero-order chi connectivity index (χ0) is 38.5. The first-order valence-corrected chi connectivity index (χ1v) is 16.4. The molecule has 1 aromatic heterocycles. The van der Waals surface area contributed by atoms with Gasteiger partial charge in [0.05, 0.1) is 19.3 Å². The van der Waals surface area contributed by atoms with Crippen LogP contribution in [0.3, 0.4) is 0 Å². The molecule has 2 aromatic carbocycles. The molecule has 3 aliphatic heterocycles. The molecule has 292 valence electrons. The highest BCUT2D eigenvalue weighted by molar-refractivity contribution is 5.88. The van der Waals surface area contributed by atoms with E-state index < -0.39 is 133 Å². The number of rotatable bonds is 9. The van der Waals surface area contributed by atoms with Crippen molar-refractivity contribution in [3.8, 4) is 34.3 Å². The van der Waals surface area contributed by atoms with Crippen molar-refractivity contribution in [3.63, 3.8) is 0 Å². The van der Waals surface area contributed by atoms with E-state index in [4.69, 9.17) is 32.8 Å². The molecule has 20 nitrogen and oxygen atoms in total. The maximum atomic E-state index is 13.7. The molecule has 0 spiro atoms. The zero-order valence-electron chi connectivity index (χ0n) is 27.7. The predicted molar refractivity (Wildman–Crippen MR) is 171 cm³/mol. The number of phenolic OH excluding ortho intramolecular Hbond substituents is 3. The highest BCUT2D eigenvalue weighted by Gasteiger charge is 2.51. The van der Waals surface area contributed by atoms with Crippen molar-refractivity contribution < 1.29 is 94.1 Å². The van der Waals surface area contributed by atoms with Gasteiger partial charge in [0, 0.05) is 17.7 Å². The third kappa shape index (κ3) is 7.52. The average Bonchev–Trinajstić information content (AvgIpc) is 3.12. The molecule has 20 heteroatoms. The number of aromatic hydroxyl groups is 3. The second-order valence-electron chi connectivity index (χ2n) is 12.9. The summed E-state index contributed by atoms with van der Waals surface area (Å²) in [6, 6.07) is 7.18. The van der Waals surface area contributed by atoms with E-state index in [0.717, 1.165) is 12.1 Å². The van der Waals surface area contributed by atoms with E-state index in [0.29, 0.717) is 0 Å². The molecule has 0 saturated carbocycles. The summed E-state index contributed by atoms with van der Waals surface area (Å²) in [5.41, 5.74) is -1.09. The quantitative estimate of drug-likeness (QED) is 0.100. The molecule has 0 bridgehead atoms. The fraction of sp³-hybridized carbons (Fsp3) is 0.545. The third-order valence-electron chi connectivity index (χ3n) is 9.30. The molecule has 0 amide bonds. The van der Waals surface area contributed by atoms with Crippen LogP contribution >= 0.6 is 0 Å². The van der Waals surface area contributed by atoms with Crippen molar-refractivity contribution in [1.29, 1.82) is 0 Å². The lowest BCUT2D eigenvalue weighted by atomic mass is 9.97. The van der Waals surface area contributed by atoms with Crippen LogP contribution in [0.5, 0.6) is 23.0 Å². The number of hydrogen-bond acceptors (Lipinski definition) is 20. The Bertz CT molecular complexity index is 1780. The maximum Gasteiger partial charge on any atom is 0.239 e. The Labute approximate surface area is 298 Å². The van der Waals surface area contributed by atoms with Crippen molar-refractivity contribution in [2.45, 2.75) is 99.0 Å². The molecular weight excluding hydrogens is 716 g/mol. The molecule has 0 radical (unpaired) electrons. The summed E-state index contributed by atoms with van der Waals surface area (Å²) >= 11 is 0. The van der Waals surface area contributed by atoms with Crippen LogP contribution in [0.15, 0.2) is 45.6 Å². The Balaban J connectivity index is 1.22. The van der Waals surface area contributed by atoms with Crippen LogP contribution in [-0.4, -0.2) is 167 Å². The normalized spacial score (nSPS) is 37.8. The van der Waals surface area contributed by atoms with Gasteiger partial charge in [0.25, 0.3) is 0 Å². The van der Waals surface area contributed by atoms with Crippen LogP contribution in [0.25, 0.3) is 22.3 Å². The Hall–Kier alpha value is -3.71. The highest BCUT2D eigenvalue weighted by Crippen LogP contribution is 2.38. The Morgan fingerprint density at radius 2 is 1.30 bits per heavy atom. The average molecular weight is 757 g/mol. The molecule has 3 fully saturated rings. The SMILES string of the molecule is C[C@@H]1O[C@H](OC[C@H]2O[C@@H](Oc3c(-c4ccc(O)cc4)oc4cc(O)cc(O)c4c3=O)[C@H](O)[C@@H](O)[C@@H]2O)[C@@H](O)[C@H](O[C@@H]2O[C@H](CO)[C@@H](O)[C@H](O)[C@H]2O)[C@H]1O. The summed E-state index contributed by atoms with van der Waals surface area (Å²) in [5, 5.41) is 124. The summed E-state index contributed by atoms with van der Waals surface area (Å²) in [5.74, 6) is -2.19. The fourth-order valence-corrected chi connectivity index (χ4v) is 6.27. The van der Waals surface area contributed by atoms with Crippen LogP contribution in [0.1, 0.15) is 6.92 Å². The summed E-state index contributed by atoms with van der Waals surface area (Å²) in [6.07, 6.45) is -25.6. The number of ether oxygens (including phenoxy) is 6. The van der Waals surface area contributed by atoms with E-state index in [1.807, 2.05) is 0 Å². The Morgan fingerprint density at radius 1 is 0.679 bits per heavy atom. The lowest BCUT2D eigenvalue weighted by Gasteiger charge is -2.46. The van der Waals surface area contributed by atoms with Crippen LogP contribution in [-0.2, 0) is 23.7 Å². The Kier molecular flexibility index (Phi) is 11.5. The second kappa shape index (κ2) is 15.6. The number of aliphatic hydroxyl groups is 9. The molecule has 6 rings (SSSR count). The smallest absolute Gasteiger partial charge is 0.239 e. The largest absolute Gasteiger partial charge is 0.508 e. The van der Waals surface area contributed by atoms with E-state index in [1.54, 1.807) is 0 Å². The summed E-state index contributed by atoms with van der Waals surface area (Å²) in [4.78, 5) is 13.7. The molecular formula is C33H40O20. The van der Waals surface area contributed by atoms with Gasteiger partial charge < -0.3 is 94.1 Å². The van der Waals surface area contributed by atoms with Crippen molar-refractivity contribution >= 4 is 11.0 Å². The number of fused-ring (bicyclic) bond motifs is 1. The van der Waals surface area contributed by atoms with Gasteiger partial charge in [0.2, 0.25) is 17.5 Å². The van der Waals surface area contributed by atoms with Crippen molar-refractivity contribution in [2.75, 3.05) is 13.2 Å². The van der Waals surface area contributed by atoms with Gasteiger partial charge in [-0.05, 0) is 31.2 Å². The van der Waals surface area contributed by atoms with Crippen molar-refractivity contribution in [2.24, 2.45) is 0 Å². The molecule has 3 saturated heterocycles. The maximum absolute atomic E-state index is 13.7. The van der Waals surface area contributed by atoms with Gasteiger partial charge >= 0.3 is 0 Å². The van der Waals surface area contributed by atoms with E-state index >= 15 is 0 Å². The van der Waals surface area contributed by atoms with Gasteiger partial charge in [-0.3, -0.25) is 4.79 Å². The van der Waals surface area contributed by atoms with Gasteiger partial charge in [0.15, 0.2) is 18.3 Å². The molecule has 4 heterocycles. The second-order valence-corrected chi connectivity index (χ2v) is 12.9. The molecule has 53 heavy (non-hydrogen) atoms. The summed E-state index contributed by atoms with van der Waals surface area (Å²) in [6.45, 7) is -0.0799. The van der Waals surface area contributed by atoms with Crippen LogP contribution in [0.4, 0.5) is 0 Å². The molecule has 15 atom stereocenters. The summed E-state index contributed by atoms with van der Waals surface area (Å²) in [7, 11) is 0. The first-order chi connectivity index (χ1) is 25.1. The van der Waals surface area contributed by atoms with E-state index in [2.05, 4.69) is 0 Å². The lowest BCUT2D eigenvalue weighted by Crippen LogP contribution is -2.64. The first kappa shape index (κ1) is 39.0. The fourth-order valence-electron chi connectivity index (χ4n) is 6.27. The van der Waals surface area contributed by atoms with E-state index in [9.17, 15) is 66.1 Å². The minimum Gasteiger partial charge on any atom is -0.508 e. The Morgan fingerprint density at radius 3 is 1.96 bits per heavy atom. The van der Waals surface area contributed by atoms with Crippen molar-refractivity contribution in [1.82, 2.24) is 0 Å². The molecule has 3 aromatic rings. The minimum absolute atomic E-state index is 0.136. The van der Waals surface area contributed by atoms with Gasteiger partial charge in [0.1, 0.15) is 95.4 Å². The lowest BCUT2D eigenvalue weighted by molar-refractivity contribution is -0.361. The zero-order valence-corrected chi connectivity index (χ0v) is 27.7. The van der Waals surface area contributed by atoms with Crippen LogP contribution in [0, 0.1) is 0 Å². The first-order valence-electron chi connectivity index (χ1n) is 16.4. The van der Waals surface area contributed by atoms with E-state index in [-0.39, 0.29) is 22.7 Å². The predicted octanol–water partition coefficient (Wildman–Crippen LogP) is -3.57.